The van der Waals surface area contributed by atoms with Gasteiger partial charge >= 0.3 is 0 Å². The molecule has 1 saturated heterocycles. The molecule has 1 aromatic rings. The number of nitrogens with zero attached hydrogens (tertiary/aromatic N) is 2. The molecular weight excluding hydrogens is 315 g/mol. The maximum Gasteiger partial charge on any atom is 0.255 e. The summed E-state index contributed by atoms with van der Waals surface area (Å²) in [6.45, 7) is 2.85. The second-order valence-electron chi connectivity index (χ2n) is 4.62. The van der Waals surface area contributed by atoms with Crippen molar-refractivity contribution < 1.29 is 14.4 Å². The van der Waals surface area contributed by atoms with Crippen molar-refractivity contribution in [1.82, 2.24) is 4.90 Å². The Hall–Kier alpha value is -1.43. The number of likely N-dealkylation sites (tertiary alicyclic amines) is 1. The number of carbonyl (C=O) groups excluding carboxylic acids is 1. The van der Waals surface area contributed by atoms with E-state index in [4.69, 9.17) is 5.21 Å². The van der Waals surface area contributed by atoms with Crippen LogP contribution in [0, 0.1) is 11.7 Å². The third-order valence-electron chi connectivity index (χ3n) is 3.28. The van der Waals surface area contributed by atoms with Crippen molar-refractivity contribution in [1.29, 1.82) is 0 Å². The molecule has 1 unspecified atom stereocenters. The second kappa shape index (κ2) is 5.69. The van der Waals surface area contributed by atoms with Gasteiger partial charge in [0.25, 0.3) is 5.91 Å². The highest BCUT2D eigenvalue weighted by Gasteiger charge is 2.27. The Morgan fingerprint density at radius 1 is 1.58 bits per heavy atom. The van der Waals surface area contributed by atoms with Crippen LogP contribution in [0.2, 0.25) is 0 Å². The summed E-state index contributed by atoms with van der Waals surface area (Å²) in [7, 11) is 0. The van der Waals surface area contributed by atoms with Crippen LogP contribution in [0.15, 0.2) is 27.8 Å². The van der Waals surface area contributed by atoms with Crippen molar-refractivity contribution in [2.45, 2.75) is 13.3 Å². The maximum atomic E-state index is 13.2. The average molecular weight is 329 g/mol. The molecule has 19 heavy (non-hydrogen) atoms. The molecule has 1 N–H and O–H groups in total. The normalized spacial score (nSPS) is 21.7. The molecular formula is C13H14BrFN2O2. The molecule has 0 radical (unpaired) electrons. The molecule has 0 saturated carbocycles. The molecule has 1 heterocycles. The smallest absolute Gasteiger partial charge is 0.255 e. The first-order valence-corrected chi connectivity index (χ1v) is 6.77. The van der Waals surface area contributed by atoms with Gasteiger partial charge in [-0.2, -0.15) is 0 Å². The molecule has 0 aromatic heterocycles. The predicted octanol–water partition coefficient (Wildman–Crippen LogP) is 2.90. The summed E-state index contributed by atoms with van der Waals surface area (Å²) in [6.07, 6.45) is 0.538. The Balaban J connectivity index is 2.19. The SMILES string of the molecule is CC1CN(C(=O)c2cc(F)ccc2Br)CC/C1=N\O. The molecule has 1 aliphatic rings. The highest BCUT2D eigenvalue weighted by molar-refractivity contribution is 9.10. The van der Waals surface area contributed by atoms with E-state index >= 15 is 0 Å². The van der Waals surface area contributed by atoms with Crippen LogP contribution < -0.4 is 0 Å². The van der Waals surface area contributed by atoms with E-state index in [1.165, 1.54) is 18.2 Å². The zero-order chi connectivity index (χ0) is 14.0. The fourth-order valence-electron chi connectivity index (χ4n) is 2.19. The van der Waals surface area contributed by atoms with Gasteiger partial charge in [0.1, 0.15) is 5.82 Å². The van der Waals surface area contributed by atoms with Crippen LogP contribution in [0.1, 0.15) is 23.7 Å². The van der Waals surface area contributed by atoms with Gasteiger partial charge < -0.3 is 10.1 Å². The van der Waals surface area contributed by atoms with Gasteiger partial charge in [0.15, 0.2) is 0 Å². The van der Waals surface area contributed by atoms with E-state index in [9.17, 15) is 9.18 Å². The van der Waals surface area contributed by atoms with Gasteiger partial charge in [0.05, 0.1) is 11.3 Å². The summed E-state index contributed by atoms with van der Waals surface area (Å²) < 4.78 is 13.8. The largest absolute Gasteiger partial charge is 0.411 e. The van der Waals surface area contributed by atoms with Crippen molar-refractivity contribution in [3.63, 3.8) is 0 Å². The predicted molar refractivity (Wildman–Crippen MR) is 73.0 cm³/mol. The molecule has 0 spiro atoms. The molecule has 0 aliphatic carbocycles. The molecule has 6 heteroatoms. The summed E-state index contributed by atoms with van der Waals surface area (Å²) >= 11 is 3.26. The van der Waals surface area contributed by atoms with Crippen LogP contribution >= 0.6 is 15.9 Å². The quantitative estimate of drug-likeness (QED) is 0.636. The average Bonchev–Trinajstić information content (AvgIpc) is 2.40. The molecule has 1 fully saturated rings. The van der Waals surface area contributed by atoms with Gasteiger partial charge in [-0.1, -0.05) is 12.1 Å². The van der Waals surface area contributed by atoms with Gasteiger partial charge in [0, 0.05) is 29.9 Å². The molecule has 102 valence electrons. The minimum Gasteiger partial charge on any atom is -0.411 e. The summed E-state index contributed by atoms with van der Waals surface area (Å²) in [5, 5.41) is 12.0. The van der Waals surface area contributed by atoms with Gasteiger partial charge in [-0.05, 0) is 34.1 Å². The maximum absolute atomic E-state index is 13.2. The van der Waals surface area contributed by atoms with Crippen LogP contribution in [0.4, 0.5) is 4.39 Å². The third kappa shape index (κ3) is 2.94. The Labute approximate surface area is 119 Å². The summed E-state index contributed by atoms with van der Waals surface area (Å²) in [6, 6.07) is 4.06. The van der Waals surface area contributed by atoms with Crippen molar-refractivity contribution >= 4 is 27.5 Å². The third-order valence-corrected chi connectivity index (χ3v) is 3.97. The Morgan fingerprint density at radius 3 is 2.95 bits per heavy atom. The van der Waals surface area contributed by atoms with Crippen molar-refractivity contribution in [3.05, 3.63) is 34.1 Å². The van der Waals surface area contributed by atoms with Crippen LogP contribution in [0.25, 0.3) is 0 Å². The zero-order valence-electron chi connectivity index (χ0n) is 10.4. The lowest BCUT2D eigenvalue weighted by molar-refractivity contribution is 0.0732. The highest BCUT2D eigenvalue weighted by Crippen LogP contribution is 2.22. The lowest BCUT2D eigenvalue weighted by Gasteiger charge is -2.31. The van der Waals surface area contributed by atoms with Crippen molar-refractivity contribution in [3.8, 4) is 0 Å². The van der Waals surface area contributed by atoms with E-state index < -0.39 is 5.82 Å². The van der Waals surface area contributed by atoms with Crippen molar-refractivity contribution in [2.24, 2.45) is 11.1 Å². The number of carbonyl (C=O) groups is 1. The Bertz CT molecular complexity index is 533. The molecule has 1 aromatic carbocycles. The first-order valence-electron chi connectivity index (χ1n) is 5.98. The standard InChI is InChI=1S/C13H14BrFN2O2/c1-8-7-17(5-4-12(8)16-19)13(18)10-6-9(15)2-3-11(10)14/h2-3,6,8,19H,4-5,7H2,1H3/b16-12+. The molecule has 1 amide bonds. The summed E-state index contributed by atoms with van der Waals surface area (Å²) in [4.78, 5) is 14.0. The van der Waals surface area contributed by atoms with E-state index in [0.717, 1.165) is 0 Å². The Kier molecular flexibility index (Phi) is 4.19. The number of piperidine rings is 1. The topological polar surface area (TPSA) is 52.9 Å². The highest BCUT2D eigenvalue weighted by atomic mass is 79.9. The monoisotopic (exact) mass is 328 g/mol. The van der Waals surface area contributed by atoms with E-state index in [1.807, 2.05) is 6.92 Å². The van der Waals surface area contributed by atoms with E-state index in [1.54, 1.807) is 4.90 Å². The number of halogens is 2. The van der Waals surface area contributed by atoms with E-state index in [-0.39, 0.29) is 11.8 Å². The van der Waals surface area contributed by atoms with Gasteiger partial charge in [0.2, 0.25) is 0 Å². The molecule has 1 atom stereocenters. The lowest BCUT2D eigenvalue weighted by Crippen LogP contribution is -2.43. The zero-order valence-corrected chi connectivity index (χ0v) is 12.0. The first kappa shape index (κ1) is 14.0. The lowest BCUT2D eigenvalue weighted by atomic mass is 9.97. The number of benzene rings is 1. The van der Waals surface area contributed by atoms with Crippen LogP contribution in [0.5, 0.6) is 0 Å². The summed E-state index contributed by atoms with van der Waals surface area (Å²) in [5.41, 5.74) is 1.01. The van der Waals surface area contributed by atoms with Gasteiger partial charge in [-0.25, -0.2) is 4.39 Å². The van der Waals surface area contributed by atoms with Crippen LogP contribution in [-0.4, -0.2) is 34.8 Å². The van der Waals surface area contributed by atoms with Crippen LogP contribution in [0.3, 0.4) is 0 Å². The minimum atomic E-state index is -0.436. The molecule has 2 rings (SSSR count). The van der Waals surface area contributed by atoms with E-state index in [0.29, 0.717) is 35.3 Å². The second-order valence-corrected chi connectivity index (χ2v) is 5.47. The van der Waals surface area contributed by atoms with Crippen molar-refractivity contribution in [2.75, 3.05) is 13.1 Å². The fraction of sp³-hybridized carbons (Fsp3) is 0.385. The minimum absolute atomic E-state index is 0.00929. The number of rotatable bonds is 1. The van der Waals surface area contributed by atoms with E-state index in [2.05, 4.69) is 21.1 Å². The number of hydrogen-bond acceptors (Lipinski definition) is 3. The van der Waals surface area contributed by atoms with Gasteiger partial charge in [-0.15, -0.1) is 0 Å². The number of oxime groups is 1. The molecule has 0 bridgehead atoms. The summed E-state index contributed by atoms with van der Waals surface area (Å²) in [5.74, 6) is -0.639. The Morgan fingerprint density at radius 2 is 2.32 bits per heavy atom. The fourth-order valence-corrected chi connectivity index (χ4v) is 2.60. The number of amides is 1. The van der Waals surface area contributed by atoms with Crippen LogP contribution in [-0.2, 0) is 0 Å². The molecule has 4 nitrogen and oxygen atoms in total. The van der Waals surface area contributed by atoms with Gasteiger partial charge in [-0.3, -0.25) is 4.79 Å². The molecule has 1 aliphatic heterocycles. The number of hydrogen-bond donors (Lipinski definition) is 1. The first-order chi connectivity index (χ1) is 9.02.